The molecule has 0 unspecified atom stereocenters. The molecule has 2 N–H and O–H groups in total. The first-order valence-corrected chi connectivity index (χ1v) is 9.12. The van der Waals surface area contributed by atoms with Crippen molar-refractivity contribution in [2.75, 3.05) is 13.1 Å². The molecular formula is C21H23FN2O3. The second-order valence-corrected chi connectivity index (χ2v) is 6.85. The molecule has 1 saturated heterocycles. The number of carbonyl (C=O) groups excluding carboxylic acids is 2. The minimum absolute atomic E-state index is 0.213. The number of likely N-dealkylation sites (tertiary alicyclic amines) is 1. The van der Waals surface area contributed by atoms with Crippen molar-refractivity contribution in [2.45, 2.75) is 25.7 Å². The van der Waals surface area contributed by atoms with Crippen molar-refractivity contribution in [1.82, 2.24) is 4.90 Å². The average molecular weight is 370 g/mol. The molecule has 0 aromatic heterocycles. The molecular weight excluding hydrogens is 347 g/mol. The van der Waals surface area contributed by atoms with Crippen molar-refractivity contribution >= 4 is 12.0 Å². The highest BCUT2D eigenvalue weighted by atomic mass is 19.1. The molecule has 1 aliphatic rings. The number of nitrogens with zero attached hydrogens (tertiary/aromatic N) is 1. The number of hydrogen-bond acceptors (Lipinski definition) is 3. The Labute approximate surface area is 157 Å². The second-order valence-electron chi connectivity index (χ2n) is 6.85. The SMILES string of the molecule is NC(=O)c1ccc(OC(=O)N2CCC(CCc3ccc(F)cc3)CC2)cc1. The third kappa shape index (κ3) is 5.29. The van der Waals surface area contributed by atoms with Crippen LogP contribution in [0.5, 0.6) is 5.75 Å². The first kappa shape index (κ1) is 18.9. The van der Waals surface area contributed by atoms with Crippen LogP contribution >= 0.6 is 0 Å². The third-order valence-corrected chi connectivity index (χ3v) is 4.97. The maximum atomic E-state index is 12.9. The van der Waals surface area contributed by atoms with Gasteiger partial charge in [0.1, 0.15) is 11.6 Å². The highest BCUT2D eigenvalue weighted by Crippen LogP contribution is 2.23. The summed E-state index contributed by atoms with van der Waals surface area (Å²) in [5.41, 5.74) is 6.70. The number of halogens is 1. The quantitative estimate of drug-likeness (QED) is 0.871. The summed E-state index contributed by atoms with van der Waals surface area (Å²) in [6.45, 7) is 1.32. The summed E-state index contributed by atoms with van der Waals surface area (Å²) >= 11 is 0. The van der Waals surface area contributed by atoms with Crippen LogP contribution in [-0.4, -0.2) is 30.0 Å². The molecule has 2 aromatic carbocycles. The number of aryl methyl sites for hydroxylation is 1. The molecule has 0 bridgehead atoms. The molecule has 0 atom stereocenters. The van der Waals surface area contributed by atoms with E-state index < -0.39 is 5.91 Å². The van der Waals surface area contributed by atoms with Crippen LogP contribution in [0.4, 0.5) is 9.18 Å². The Morgan fingerprint density at radius 2 is 1.67 bits per heavy atom. The summed E-state index contributed by atoms with van der Waals surface area (Å²) in [5, 5.41) is 0. The van der Waals surface area contributed by atoms with Crippen LogP contribution in [0, 0.1) is 11.7 Å². The van der Waals surface area contributed by atoms with E-state index in [0.29, 0.717) is 30.3 Å². The lowest BCUT2D eigenvalue weighted by Gasteiger charge is -2.31. The lowest BCUT2D eigenvalue weighted by molar-refractivity contribution is 0.100. The molecule has 1 aliphatic heterocycles. The molecule has 1 heterocycles. The van der Waals surface area contributed by atoms with E-state index in [0.717, 1.165) is 31.2 Å². The van der Waals surface area contributed by atoms with Gasteiger partial charge >= 0.3 is 6.09 Å². The van der Waals surface area contributed by atoms with Gasteiger partial charge in [-0.1, -0.05) is 12.1 Å². The molecule has 2 amide bonds. The zero-order valence-electron chi connectivity index (χ0n) is 15.1. The van der Waals surface area contributed by atoms with E-state index in [1.165, 1.54) is 24.3 Å². The fraction of sp³-hybridized carbons (Fsp3) is 0.333. The zero-order chi connectivity index (χ0) is 19.2. The van der Waals surface area contributed by atoms with Gasteiger partial charge in [0, 0.05) is 18.7 Å². The zero-order valence-corrected chi connectivity index (χ0v) is 15.1. The summed E-state index contributed by atoms with van der Waals surface area (Å²) in [4.78, 5) is 25.0. The molecule has 27 heavy (non-hydrogen) atoms. The molecule has 6 heteroatoms. The molecule has 142 valence electrons. The van der Waals surface area contributed by atoms with Gasteiger partial charge in [-0.25, -0.2) is 9.18 Å². The summed E-state index contributed by atoms with van der Waals surface area (Å²) in [6, 6.07) is 12.8. The predicted molar refractivity (Wildman–Crippen MR) is 100 cm³/mol. The highest BCUT2D eigenvalue weighted by Gasteiger charge is 2.24. The number of benzene rings is 2. The van der Waals surface area contributed by atoms with Crippen LogP contribution in [0.25, 0.3) is 0 Å². The number of hydrogen-bond donors (Lipinski definition) is 1. The minimum atomic E-state index is -0.518. The van der Waals surface area contributed by atoms with Crippen molar-refractivity contribution in [2.24, 2.45) is 11.7 Å². The summed E-state index contributed by atoms with van der Waals surface area (Å²) in [6.07, 6.45) is 3.43. The van der Waals surface area contributed by atoms with Crippen molar-refractivity contribution in [3.05, 3.63) is 65.5 Å². The van der Waals surface area contributed by atoms with Gasteiger partial charge < -0.3 is 15.4 Å². The minimum Gasteiger partial charge on any atom is -0.410 e. The largest absolute Gasteiger partial charge is 0.415 e. The summed E-state index contributed by atoms with van der Waals surface area (Å²) in [7, 11) is 0. The van der Waals surface area contributed by atoms with Gasteiger partial charge in [-0.3, -0.25) is 4.79 Å². The number of carbonyl (C=O) groups is 2. The monoisotopic (exact) mass is 370 g/mol. The van der Waals surface area contributed by atoms with Crippen LogP contribution in [0.2, 0.25) is 0 Å². The van der Waals surface area contributed by atoms with Crippen LogP contribution in [0.3, 0.4) is 0 Å². The first-order valence-electron chi connectivity index (χ1n) is 9.12. The van der Waals surface area contributed by atoms with Gasteiger partial charge in [-0.05, 0) is 73.6 Å². The van der Waals surface area contributed by atoms with Gasteiger partial charge in [0.05, 0.1) is 0 Å². The molecule has 0 spiro atoms. The number of ether oxygens (including phenoxy) is 1. The topological polar surface area (TPSA) is 72.6 Å². The highest BCUT2D eigenvalue weighted by molar-refractivity contribution is 5.92. The van der Waals surface area contributed by atoms with Gasteiger partial charge in [-0.2, -0.15) is 0 Å². The van der Waals surface area contributed by atoms with Crippen LogP contribution < -0.4 is 10.5 Å². The van der Waals surface area contributed by atoms with Gasteiger partial charge in [0.25, 0.3) is 0 Å². The van der Waals surface area contributed by atoms with Crippen molar-refractivity contribution < 1.29 is 18.7 Å². The van der Waals surface area contributed by atoms with E-state index >= 15 is 0 Å². The molecule has 0 saturated carbocycles. The Kier molecular flexibility index (Phi) is 6.06. The van der Waals surface area contributed by atoms with E-state index in [1.807, 2.05) is 12.1 Å². The molecule has 0 aliphatic carbocycles. The Morgan fingerprint density at radius 3 is 2.26 bits per heavy atom. The van der Waals surface area contributed by atoms with Crippen LogP contribution in [0.15, 0.2) is 48.5 Å². The Bertz CT molecular complexity index is 782. The number of nitrogens with two attached hydrogens (primary N) is 1. The fourth-order valence-corrected chi connectivity index (χ4v) is 3.28. The fourth-order valence-electron chi connectivity index (χ4n) is 3.28. The molecule has 3 rings (SSSR count). The lowest BCUT2D eigenvalue weighted by atomic mass is 9.91. The van der Waals surface area contributed by atoms with Gasteiger partial charge in [-0.15, -0.1) is 0 Å². The normalized spacial score (nSPS) is 14.8. The number of primary amides is 1. The Morgan fingerprint density at radius 1 is 1.04 bits per heavy atom. The number of piperidine rings is 1. The first-order chi connectivity index (χ1) is 13.0. The maximum Gasteiger partial charge on any atom is 0.415 e. The second kappa shape index (κ2) is 8.66. The summed E-state index contributed by atoms with van der Waals surface area (Å²) in [5.74, 6) is 0.211. The molecule has 5 nitrogen and oxygen atoms in total. The lowest BCUT2D eigenvalue weighted by Crippen LogP contribution is -2.40. The summed E-state index contributed by atoms with van der Waals surface area (Å²) < 4.78 is 18.3. The Hall–Kier alpha value is -2.89. The molecule has 1 fully saturated rings. The van der Waals surface area contributed by atoms with Crippen molar-refractivity contribution in [3.8, 4) is 5.75 Å². The predicted octanol–water partition coefficient (Wildman–Crippen LogP) is 3.77. The smallest absolute Gasteiger partial charge is 0.410 e. The molecule has 0 radical (unpaired) electrons. The van der Waals surface area contributed by atoms with E-state index in [4.69, 9.17) is 10.5 Å². The average Bonchev–Trinajstić information content (AvgIpc) is 2.68. The van der Waals surface area contributed by atoms with Gasteiger partial charge in [0.2, 0.25) is 5.91 Å². The van der Waals surface area contributed by atoms with E-state index in [2.05, 4.69) is 0 Å². The Balaban J connectivity index is 1.43. The van der Waals surface area contributed by atoms with Crippen molar-refractivity contribution in [3.63, 3.8) is 0 Å². The maximum absolute atomic E-state index is 12.9. The van der Waals surface area contributed by atoms with E-state index in [1.54, 1.807) is 17.0 Å². The van der Waals surface area contributed by atoms with E-state index in [-0.39, 0.29) is 11.9 Å². The number of amides is 2. The van der Waals surface area contributed by atoms with E-state index in [9.17, 15) is 14.0 Å². The third-order valence-electron chi connectivity index (χ3n) is 4.97. The van der Waals surface area contributed by atoms with Gasteiger partial charge in [0.15, 0.2) is 0 Å². The van der Waals surface area contributed by atoms with Crippen LogP contribution in [0.1, 0.15) is 35.2 Å². The van der Waals surface area contributed by atoms with Crippen molar-refractivity contribution in [1.29, 1.82) is 0 Å². The van der Waals surface area contributed by atoms with Crippen LogP contribution in [-0.2, 0) is 6.42 Å². The molecule has 2 aromatic rings. The standard InChI is InChI=1S/C21H23FN2O3/c22-18-7-3-15(4-8-18)1-2-16-11-13-24(14-12-16)21(26)27-19-9-5-17(6-10-19)20(23)25/h3-10,16H,1-2,11-14H2,(H2,23,25). The number of rotatable bonds is 5.